The molecule has 1 amide bonds. The fourth-order valence-electron chi connectivity index (χ4n) is 3.76. The van der Waals surface area contributed by atoms with Gasteiger partial charge in [0.25, 0.3) is 11.5 Å². The fraction of sp³-hybridized carbons (Fsp3) is 0.261. The Morgan fingerprint density at radius 3 is 2.72 bits per heavy atom. The maximum atomic E-state index is 13.7. The number of aryl methyl sites for hydroxylation is 1. The van der Waals surface area contributed by atoms with E-state index in [0.717, 1.165) is 48.1 Å². The summed E-state index contributed by atoms with van der Waals surface area (Å²) >= 11 is 0. The van der Waals surface area contributed by atoms with E-state index in [2.05, 4.69) is 15.5 Å². The number of carbonyl (C=O) groups excluding carboxylic acids is 1. The third kappa shape index (κ3) is 4.11. The van der Waals surface area contributed by atoms with Gasteiger partial charge in [0.1, 0.15) is 5.82 Å². The summed E-state index contributed by atoms with van der Waals surface area (Å²) in [6, 6.07) is 11.9. The molecule has 0 radical (unpaired) electrons. The highest BCUT2D eigenvalue weighted by Gasteiger charge is 2.18. The van der Waals surface area contributed by atoms with Gasteiger partial charge in [0.05, 0.1) is 5.69 Å². The average molecular weight is 391 g/mol. The smallest absolute Gasteiger partial charge is 0.267 e. The lowest BCUT2D eigenvalue weighted by Crippen LogP contribution is -2.23. The van der Waals surface area contributed by atoms with Crippen molar-refractivity contribution in [1.29, 1.82) is 0 Å². The summed E-state index contributed by atoms with van der Waals surface area (Å²) in [6.07, 6.45) is 4.33. The first-order valence-electron chi connectivity index (χ1n) is 9.77. The van der Waals surface area contributed by atoms with Crippen molar-refractivity contribution in [2.45, 2.75) is 39.0 Å². The van der Waals surface area contributed by atoms with Crippen LogP contribution in [0.3, 0.4) is 0 Å². The van der Waals surface area contributed by atoms with Gasteiger partial charge in [0.2, 0.25) is 0 Å². The SMILES string of the molecule is Cc1ccc(C(=O)Nc2cccc(Cc3n[nH]c(=O)c4c3CCCC4)c2)cc1F. The van der Waals surface area contributed by atoms with E-state index in [4.69, 9.17) is 0 Å². The fourth-order valence-corrected chi connectivity index (χ4v) is 3.76. The van der Waals surface area contributed by atoms with Crippen molar-refractivity contribution >= 4 is 11.6 Å². The number of hydrogen-bond acceptors (Lipinski definition) is 3. The van der Waals surface area contributed by atoms with Gasteiger partial charge in [0.15, 0.2) is 0 Å². The molecule has 0 saturated heterocycles. The number of rotatable bonds is 4. The third-order valence-corrected chi connectivity index (χ3v) is 5.37. The minimum Gasteiger partial charge on any atom is -0.322 e. The van der Waals surface area contributed by atoms with Crippen LogP contribution in [0.1, 0.15) is 51.1 Å². The van der Waals surface area contributed by atoms with E-state index in [0.29, 0.717) is 17.7 Å². The predicted molar refractivity (Wildman–Crippen MR) is 110 cm³/mol. The molecule has 6 heteroatoms. The van der Waals surface area contributed by atoms with Crippen LogP contribution in [0.15, 0.2) is 47.3 Å². The van der Waals surface area contributed by atoms with Gasteiger partial charge >= 0.3 is 0 Å². The van der Waals surface area contributed by atoms with E-state index in [1.165, 1.54) is 6.07 Å². The van der Waals surface area contributed by atoms with E-state index >= 15 is 0 Å². The van der Waals surface area contributed by atoms with E-state index in [-0.39, 0.29) is 17.0 Å². The van der Waals surface area contributed by atoms with Gasteiger partial charge in [-0.1, -0.05) is 18.2 Å². The van der Waals surface area contributed by atoms with Crippen molar-refractivity contribution in [3.63, 3.8) is 0 Å². The van der Waals surface area contributed by atoms with E-state index < -0.39 is 5.82 Å². The van der Waals surface area contributed by atoms with Crippen molar-refractivity contribution in [3.05, 3.63) is 92.1 Å². The lowest BCUT2D eigenvalue weighted by atomic mass is 9.90. The Balaban J connectivity index is 1.54. The molecule has 0 unspecified atom stereocenters. The Morgan fingerprint density at radius 1 is 1.14 bits per heavy atom. The highest BCUT2D eigenvalue weighted by Crippen LogP contribution is 2.23. The van der Waals surface area contributed by atoms with Crippen molar-refractivity contribution in [2.75, 3.05) is 5.32 Å². The standard InChI is InChI=1S/C23H22FN3O2/c1-14-9-10-16(13-20(14)24)22(28)25-17-6-4-5-15(11-17)12-21-18-7-2-3-8-19(18)23(29)27-26-21/h4-6,9-11,13H,2-3,7-8,12H2,1H3,(H,25,28)(H,27,29). The molecular formula is C23H22FN3O2. The van der Waals surface area contributed by atoms with E-state index in [1.54, 1.807) is 25.1 Å². The zero-order valence-corrected chi connectivity index (χ0v) is 16.2. The minimum atomic E-state index is -0.402. The van der Waals surface area contributed by atoms with Gasteiger partial charge in [-0.2, -0.15) is 5.10 Å². The first-order valence-corrected chi connectivity index (χ1v) is 9.77. The number of aromatic nitrogens is 2. The number of hydrogen-bond donors (Lipinski definition) is 2. The normalized spacial score (nSPS) is 13.0. The molecule has 2 N–H and O–H groups in total. The van der Waals surface area contributed by atoms with E-state index in [1.807, 2.05) is 18.2 Å². The molecule has 29 heavy (non-hydrogen) atoms. The summed E-state index contributed by atoms with van der Waals surface area (Å²) in [7, 11) is 0. The number of fused-ring (bicyclic) bond motifs is 1. The van der Waals surface area contributed by atoms with Gasteiger partial charge < -0.3 is 5.32 Å². The van der Waals surface area contributed by atoms with Crippen LogP contribution in [-0.2, 0) is 19.3 Å². The van der Waals surface area contributed by atoms with Crippen LogP contribution in [0.2, 0.25) is 0 Å². The maximum Gasteiger partial charge on any atom is 0.267 e. The minimum absolute atomic E-state index is 0.0882. The molecule has 0 saturated carbocycles. The van der Waals surface area contributed by atoms with Gasteiger partial charge in [-0.05, 0) is 73.6 Å². The topological polar surface area (TPSA) is 74.8 Å². The summed E-state index contributed by atoms with van der Waals surface area (Å²) in [5, 5.41) is 9.71. The Morgan fingerprint density at radius 2 is 1.93 bits per heavy atom. The first kappa shape index (κ1) is 19.1. The molecule has 0 spiro atoms. The maximum absolute atomic E-state index is 13.7. The molecule has 0 fully saturated rings. The molecule has 148 valence electrons. The molecule has 2 aromatic carbocycles. The largest absolute Gasteiger partial charge is 0.322 e. The molecule has 4 rings (SSSR count). The summed E-state index contributed by atoms with van der Waals surface area (Å²) in [5.74, 6) is -0.763. The van der Waals surface area contributed by atoms with Crippen LogP contribution < -0.4 is 10.9 Å². The van der Waals surface area contributed by atoms with Gasteiger partial charge in [0, 0.05) is 23.2 Å². The highest BCUT2D eigenvalue weighted by molar-refractivity contribution is 6.04. The number of carbonyl (C=O) groups is 1. The van der Waals surface area contributed by atoms with E-state index in [9.17, 15) is 14.0 Å². The molecule has 1 aromatic heterocycles. The summed E-state index contributed by atoms with van der Waals surface area (Å²) in [5.41, 5.74) is 5.09. The third-order valence-electron chi connectivity index (χ3n) is 5.37. The summed E-state index contributed by atoms with van der Waals surface area (Å²) in [6.45, 7) is 1.66. The quantitative estimate of drug-likeness (QED) is 0.707. The molecule has 1 heterocycles. The molecular weight excluding hydrogens is 369 g/mol. The van der Waals surface area contributed by atoms with Crippen LogP contribution in [0.25, 0.3) is 0 Å². The van der Waals surface area contributed by atoms with Crippen molar-refractivity contribution in [1.82, 2.24) is 10.2 Å². The molecule has 3 aromatic rings. The number of H-pyrrole nitrogens is 1. The average Bonchev–Trinajstić information content (AvgIpc) is 2.72. The Bertz CT molecular complexity index is 1140. The van der Waals surface area contributed by atoms with Gasteiger partial charge in [-0.15, -0.1) is 0 Å². The number of aromatic amines is 1. The number of nitrogens with zero attached hydrogens (tertiary/aromatic N) is 1. The lowest BCUT2D eigenvalue weighted by molar-refractivity contribution is 0.102. The van der Waals surface area contributed by atoms with Crippen molar-refractivity contribution in [2.24, 2.45) is 0 Å². The summed E-state index contributed by atoms with van der Waals surface area (Å²) in [4.78, 5) is 24.5. The second-order valence-corrected chi connectivity index (χ2v) is 7.46. The molecule has 0 aliphatic heterocycles. The zero-order valence-electron chi connectivity index (χ0n) is 16.2. The zero-order chi connectivity index (χ0) is 20.4. The Hall–Kier alpha value is -3.28. The summed E-state index contributed by atoms with van der Waals surface area (Å²) < 4.78 is 13.7. The van der Waals surface area contributed by atoms with Crippen LogP contribution in [0.5, 0.6) is 0 Å². The van der Waals surface area contributed by atoms with Crippen LogP contribution >= 0.6 is 0 Å². The highest BCUT2D eigenvalue weighted by atomic mass is 19.1. The molecule has 1 aliphatic rings. The van der Waals surface area contributed by atoms with Gasteiger partial charge in [-0.25, -0.2) is 9.49 Å². The van der Waals surface area contributed by atoms with Gasteiger partial charge in [-0.3, -0.25) is 9.59 Å². The Kier molecular flexibility index (Phi) is 5.25. The molecule has 0 atom stereocenters. The Labute approximate surface area is 168 Å². The second-order valence-electron chi connectivity index (χ2n) is 7.46. The predicted octanol–water partition coefficient (Wildman–Crippen LogP) is 3.94. The van der Waals surface area contributed by atoms with Crippen LogP contribution in [0.4, 0.5) is 10.1 Å². The number of halogens is 1. The number of nitrogens with one attached hydrogen (secondary N) is 2. The lowest BCUT2D eigenvalue weighted by Gasteiger charge is -2.17. The monoisotopic (exact) mass is 391 g/mol. The number of amides is 1. The number of benzene rings is 2. The molecule has 0 bridgehead atoms. The van der Waals surface area contributed by atoms with Crippen LogP contribution in [-0.4, -0.2) is 16.1 Å². The van der Waals surface area contributed by atoms with Crippen LogP contribution in [0, 0.1) is 12.7 Å². The van der Waals surface area contributed by atoms with Crippen molar-refractivity contribution < 1.29 is 9.18 Å². The number of anilines is 1. The molecule has 5 nitrogen and oxygen atoms in total. The molecule has 1 aliphatic carbocycles. The second kappa shape index (κ2) is 7.99. The first-order chi connectivity index (χ1) is 14.0. The van der Waals surface area contributed by atoms with Crippen molar-refractivity contribution in [3.8, 4) is 0 Å².